The third-order valence-corrected chi connectivity index (χ3v) is 16.6. The maximum atomic E-state index is 14.9. The molecule has 4 fully saturated rings. The van der Waals surface area contributed by atoms with Crippen molar-refractivity contribution < 1.29 is 14.7 Å². The lowest BCUT2D eigenvalue weighted by Crippen LogP contribution is -2.62. The lowest BCUT2D eigenvalue weighted by atomic mass is 9.35. The highest BCUT2D eigenvalue weighted by molar-refractivity contribution is 5.88. The van der Waals surface area contributed by atoms with Crippen LogP contribution in [0.3, 0.4) is 0 Å². The van der Waals surface area contributed by atoms with E-state index in [4.69, 9.17) is 0 Å². The molecule has 1 aromatic carbocycles. The van der Waals surface area contributed by atoms with Gasteiger partial charge in [-0.2, -0.15) is 0 Å². The van der Waals surface area contributed by atoms with Gasteiger partial charge in [-0.3, -0.25) is 9.78 Å². The number of likely N-dealkylation sites (N-methyl/N-ethyl adjacent to an activating group) is 1. The van der Waals surface area contributed by atoms with Crippen molar-refractivity contribution >= 4 is 17.4 Å². The summed E-state index contributed by atoms with van der Waals surface area (Å²) in [4.78, 5) is 33.0. The largest absolute Gasteiger partial charge is 0.478 e. The van der Waals surface area contributed by atoms with E-state index in [2.05, 4.69) is 70.1 Å². The number of fused-ring (bicyclic) bond motifs is 6. The molecule has 1 aromatic heterocycles. The number of benzene rings is 1. The van der Waals surface area contributed by atoms with E-state index >= 15 is 0 Å². The number of hydrogen-bond acceptors (Lipinski definition) is 3. The number of aromatic nitrogens is 1. The van der Waals surface area contributed by atoms with Gasteiger partial charge in [-0.05, 0) is 158 Å². The number of carbonyl (C=O) groups excluding carboxylic acids is 1. The minimum atomic E-state index is -0.873. The molecule has 0 aliphatic heterocycles. The third kappa shape index (κ3) is 5.49. The number of rotatable bonds is 7. The molecule has 5 aliphatic rings. The maximum absolute atomic E-state index is 14.9. The normalized spacial score (nSPS) is 38.2. The number of allylic oxidation sites excluding steroid dienone is 3. The molecule has 5 aliphatic carbocycles. The summed E-state index contributed by atoms with van der Waals surface area (Å²) in [6.45, 7) is 20.3. The standard InChI is InChI=1S/C46H62N2O3/c1-30(2)35-18-24-46(41(51)48(8)28-21-34-11-9-10-27-47-34)26-25-44(6)33(29-37(35)46)16-17-39-43(5)22-19-36(31-12-14-32(15-13-31)40(49)50)42(3,4)38(43)20-23-45(39,44)7/h9-15,19,27,33,35,37-39H,1,16-18,20-26,28-29H2,2-8H3,(H,49,50)/t33?,35-,37-,38-,39+,43-,44+,45+,46-/m0/s1. The molecule has 4 saturated carbocycles. The van der Waals surface area contributed by atoms with Crippen molar-refractivity contribution in [1.82, 2.24) is 9.88 Å². The second kappa shape index (κ2) is 12.7. The Bertz CT molecular complexity index is 1710. The fourth-order valence-corrected chi connectivity index (χ4v) is 13.7. The van der Waals surface area contributed by atoms with Crippen molar-refractivity contribution in [3.63, 3.8) is 0 Å². The molecule has 51 heavy (non-hydrogen) atoms. The number of pyridine rings is 1. The molecule has 0 spiro atoms. The molecule has 1 N–H and O–H groups in total. The maximum Gasteiger partial charge on any atom is 0.335 e. The summed E-state index contributed by atoms with van der Waals surface area (Å²) in [5.41, 5.74) is 5.46. The number of aromatic carboxylic acids is 1. The highest BCUT2D eigenvalue weighted by Crippen LogP contribution is 2.75. The SMILES string of the molecule is C=C(C)[C@@H]1CC[C@]2(C(=O)N(C)CCc3ccccn3)CC[C@]3(C)C(CC[C@@H]4[C@@]5(C)CC=C(c6ccc(C(=O)O)cc6)C(C)(C)[C@@H]5CC[C@]43C)C[C@@H]12. The Morgan fingerprint density at radius 1 is 0.902 bits per heavy atom. The molecule has 1 unspecified atom stereocenters. The van der Waals surface area contributed by atoms with Crippen molar-refractivity contribution in [1.29, 1.82) is 0 Å². The predicted molar refractivity (Wildman–Crippen MR) is 206 cm³/mol. The minimum Gasteiger partial charge on any atom is -0.478 e. The zero-order chi connectivity index (χ0) is 36.6. The van der Waals surface area contributed by atoms with Gasteiger partial charge in [0, 0.05) is 31.9 Å². The quantitative estimate of drug-likeness (QED) is 0.294. The van der Waals surface area contributed by atoms with Crippen LogP contribution in [0.4, 0.5) is 0 Å². The first-order valence-corrected chi connectivity index (χ1v) is 19.9. The molecule has 0 bridgehead atoms. The number of nitrogens with zero attached hydrogens (tertiary/aromatic N) is 2. The van der Waals surface area contributed by atoms with Crippen LogP contribution in [-0.4, -0.2) is 40.5 Å². The van der Waals surface area contributed by atoms with Crippen molar-refractivity contribution in [3.8, 4) is 0 Å². The molecule has 9 atom stereocenters. The molecule has 2 aromatic rings. The van der Waals surface area contributed by atoms with Crippen LogP contribution in [-0.2, 0) is 11.2 Å². The van der Waals surface area contributed by atoms with Crippen LogP contribution in [0.2, 0.25) is 0 Å². The van der Waals surface area contributed by atoms with Gasteiger partial charge in [-0.1, -0.05) is 71.0 Å². The lowest BCUT2D eigenvalue weighted by molar-refractivity contribution is -0.192. The van der Waals surface area contributed by atoms with E-state index in [-0.39, 0.29) is 27.1 Å². The van der Waals surface area contributed by atoms with Crippen molar-refractivity contribution in [2.24, 2.45) is 56.7 Å². The van der Waals surface area contributed by atoms with Crippen LogP contribution in [0.5, 0.6) is 0 Å². The Morgan fingerprint density at radius 3 is 2.31 bits per heavy atom. The van der Waals surface area contributed by atoms with Gasteiger partial charge in [0.1, 0.15) is 0 Å². The molecule has 274 valence electrons. The highest BCUT2D eigenvalue weighted by atomic mass is 16.4. The molecule has 5 nitrogen and oxygen atoms in total. The molecule has 0 saturated heterocycles. The molecule has 5 heteroatoms. The Balaban J connectivity index is 1.19. The summed E-state index contributed by atoms with van der Waals surface area (Å²) in [6, 6.07) is 13.6. The first-order valence-electron chi connectivity index (χ1n) is 19.9. The van der Waals surface area contributed by atoms with Gasteiger partial charge >= 0.3 is 5.97 Å². The van der Waals surface area contributed by atoms with Gasteiger partial charge in [0.2, 0.25) is 5.91 Å². The van der Waals surface area contributed by atoms with E-state index in [1.165, 1.54) is 42.4 Å². The topological polar surface area (TPSA) is 70.5 Å². The zero-order valence-corrected chi connectivity index (χ0v) is 32.4. The summed E-state index contributed by atoms with van der Waals surface area (Å²) >= 11 is 0. The van der Waals surface area contributed by atoms with Gasteiger partial charge in [0.05, 0.1) is 11.0 Å². The second-order valence-electron chi connectivity index (χ2n) is 19.0. The van der Waals surface area contributed by atoms with Crippen LogP contribution in [0.25, 0.3) is 5.57 Å². The summed E-state index contributed by atoms with van der Waals surface area (Å²) in [7, 11) is 2.04. The van der Waals surface area contributed by atoms with Gasteiger partial charge in [0.15, 0.2) is 0 Å². The second-order valence-corrected chi connectivity index (χ2v) is 19.0. The number of carboxylic acid groups (broad SMARTS) is 1. The number of carbonyl (C=O) groups is 2. The van der Waals surface area contributed by atoms with E-state index in [9.17, 15) is 14.7 Å². The smallest absolute Gasteiger partial charge is 0.335 e. The van der Waals surface area contributed by atoms with Crippen LogP contribution in [0.1, 0.15) is 127 Å². The van der Waals surface area contributed by atoms with E-state index in [1.54, 1.807) is 12.1 Å². The molecule has 0 radical (unpaired) electrons. The highest BCUT2D eigenvalue weighted by Gasteiger charge is 2.68. The Morgan fingerprint density at radius 2 is 1.65 bits per heavy atom. The Kier molecular flexibility index (Phi) is 9.03. The van der Waals surface area contributed by atoms with Gasteiger partial charge in [-0.15, -0.1) is 0 Å². The van der Waals surface area contributed by atoms with Crippen molar-refractivity contribution in [2.75, 3.05) is 13.6 Å². The summed E-state index contributed by atoms with van der Waals surface area (Å²) < 4.78 is 0. The Labute approximate surface area is 307 Å². The first-order chi connectivity index (χ1) is 24.1. The summed E-state index contributed by atoms with van der Waals surface area (Å²) in [5.74, 6) is 2.08. The van der Waals surface area contributed by atoms with Crippen molar-refractivity contribution in [3.05, 3.63) is 83.7 Å². The van der Waals surface area contributed by atoms with Crippen LogP contribution < -0.4 is 0 Å². The first kappa shape index (κ1) is 36.2. The van der Waals surface area contributed by atoms with Crippen LogP contribution in [0.15, 0.2) is 66.9 Å². The molecule has 1 heterocycles. The van der Waals surface area contributed by atoms with Gasteiger partial charge in [0.25, 0.3) is 0 Å². The van der Waals surface area contributed by atoms with Gasteiger partial charge < -0.3 is 10.0 Å². The van der Waals surface area contributed by atoms with Crippen LogP contribution in [0, 0.1) is 56.7 Å². The average Bonchev–Trinajstić information content (AvgIpc) is 3.41. The summed E-state index contributed by atoms with van der Waals surface area (Å²) in [5, 5.41) is 9.50. The zero-order valence-electron chi connectivity index (χ0n) is 32.4. The molecular formula is C46H62N2O3. The number of amides is 1. The van der Waals surface area contributed by atoms with E-state index in [1.807, 2.05) is 37.5 Å². The molecule has 7 rings (SSSR count). The Hall–Kier alpha value is -3.21. The van der Waals surface area contributed by atoms with Gasteiger partial charge in [-0.25, -0.2) is 4.79 Å². The van der Waals surface area contributed by atoms with Crippen molar-refractivity contribution in [2.45, 2.75) is 112 Å². The predicted octanol–water partition coefficient (Wildman–Crippen LogP) is 10.5. The average molecular weight is 691 g/mol. The fraction of sp³-hybridized carbons (Fsp3) is 0.630. The third-order valence-electron chi connectivity index (χ3n) is 16.6. The van der Waals surface area contributed by atoms with E-state index in [0.29, 0.717) is 47.6 Å². The number of carboxylic acids is 1. The number of hydrogen-bond donors (Lipinski definition) is 1. The fourth-order valence-electron chi connectivity index (χ4n) is 13.7. The van der Waals surface area contributed by atoms with E-state index in [0.717, 1.165) is 50.6 Å². The summed E-state index contributed by atoms with van der Waals surface area (Å²) in [6.07, 6.45) is 16.5. The molecule has 1 amide bonds. The molecular weight excluding hydrogens is 629 g/mol. The lowest BCUT2D eigenvalue weighted by Gasteiger charge is -2.69. The van der Waals surface area contributed by atoms with Crippen LogP contribution >= 0.6 is 0 Å². The van der Waals surface area contributed by atoms with E-state index < -0.39 is 5.97 Å². The monoisotopic (exact) mass is 690 g/mol. The minimum absolute atomic E-state index is 0.0116.